The second kappa shape index (κ2) is 7.36. The van der Waals surface area contributed by atoms with Crippen LogP contribution in [-0.2, 0) is 4.79 Å². The Morgan fingerprint density at radius 1 is 1.00 bits per heavy atom. The van der Waals surface area contributed by atoms with E-state index in [1.54, 1.807) is 0 Å². The lowest BCUT2D eigenvalue weighted by Crippen LogP contribution is -2.12. The normalized spacial score (nSPS) is 12.1. The van der Waals surface area contributed by atoms with Crippen molar-refractivity contribution in [3.05, 3.63) is 83.1 Å². The van der Waals surface area contributed by atoms with Gasteiger partial charge >= 0.3 is 0 Å². The predicted octanol–water partition coefficient (Wildman–Crippen LogP) is 3.83. The van der Waals surface area contributed by atoms with E-state index in [1.807, 2.05) is 49.4 Å². The molecule has 1 N–H and O–H groups in total. The summed E-state index contributed by atoms with van der Waals surface area (Å²) in [5, 5.41) is 4.50. The van der Waals surface area contributed by atoms with Gasteiger partial charge in [-0.25, -0.2) is 0 Å². The number of hydrazone groups is 1. The van der Waals surface area contributed by atoms with Crippen molar-refractivity contribution in [3.8, 4) is 0 Å². The first kappa shape index (κ1) is 15.7. The van der Waals surface area contributed by atoms with Gasteiger partial charge in [-0.3, -0.25) is 10.2 Å². The van der Waals surface area contributed by atoms with Gasteiger partial charge in [-0.1, -0.05) is 54.1 Å². The van der Waals surface area contributed by atoms with Crippen molar-refractivity contribution in [2.75, 3.05) is 0 Å². The predicted molar refractivity (Wildman–Crippen MR) is 90.8 cm³/mol. The third-order valence-electron chi connectivity index (χ3n) is 3.10. The summed E-state index contributed by atoms with van der Waals surface area (Å²) in [4.78, 5) is 11.1. The molecule has 2 rings (SSSR count). The molecule has 0 unspecified atom stereocenters. The molecule has 0 aliphatic carbocycles. The van der Waals surface area contributed by atoms with Gasteiger partial charge in [0.2, 0.25) is 0 Å². The Balaban J connectivity index is 2.40. The lowest BCUT2D eigenvalue weighted by molar-refractivity contribution is -0.112. The summed E-state index contributed by atoms with van der Waals surface area (Å²) in [5.74, 6) is -0.00276. The fourth-order valence-electron chi connectivity index (χ4n) is 2.17. The Morgan fingerprint density at radius 2 is 1.68 bits per heavy atom. The molecule has 0 bridgehead atoms. The van der Waals surface area contributed by atoms with Crippen molar-refractivity contribution in [1.82, 2.24) is 5.43 Å². The van der Waals surface area contributed by atoms with Gasteiger partial charge in [-0.05, 0) is 26.8 Å². The molecule has 0 radical (unpaired) electrons. The van der Waals surface area contributed by atoms with Gasteiger partial charge in [0.1, 0.15) is 0 Å². The van der Waals surface area contributed by atoms with Crippen LogP contribution in [0.3, 0.4) is 0 Å². The average Bonchev–Trinajstić information content (AvgIpc) is 2.48. The number of carbonyl (C=O) groups is 1. The zero-order valence-corrected chi connectivity index (χ0v) is 13.1. The first-order valence-electron chi connectivity index (χ1n) is 7.21. The quantitative estimate of drug-likeness (QED) is 0.517. The minimum atomic E-state index is -0.00276. The Kier molecular flexibility index (Phi) is 5.26. The molecule has 3 heteroatoms. The summed E-state index contributed by atoms with van der Waals surface area (Å²) in [6.45, 7) is 5.40. The average molecular weight is 292 g/mol. The molecule has 0 aromatic heterocycles. The molecule has 0 saturated carbocycles. The smallest absolute Gasteiger partial charge is 0.154 e. The van der Waals surface area contributed by atoms with Crippen LogP contribution in [0, 0.1) is 6.92 Å². The molecule has 0 saturated heterocycles. The van der Waals surface area contributed by atoms with Crippen molar-refractivity contribution in [2.24, 2.45) is 5.10 Å². The monoisotopic (exact) mass is 292 g/mol. The van der Waals surface area contributed by atoms with Crippen LogP contribution in [0.25, 0.3) is 0 Å². The minimum absolute atomic E-state index is 0.00276. The maximum absolute atomic E-state index is 11.1. The van der Waals surface area contributed by atoms with Crippen LogP contribution in [0.4, 0.5) is 0 Å². The van der Waals surface area contributed by atoms with Crippen LogP contribution >= 0.6 is 0 Å². The van der Waals surface area contributed by atoms with Crippen LogP contribution in [0.5, 0.6) is 0 Å². The van der Waals surface area contributed by atoms with E-state index < -0.39 is 0 Å². The van der Waals surface area contributed by atoms with E-state index in [1.165, 1.54) is 18.6 Å². The first-order chi connectivity index (χ1) is 10.6. The third kappa shape index (κ3) is 4.42. The molecule has 0 spiro atoms. The number of ketones is 1. The van der Waals surface area contributed by atoms with Gasteiger partial charge in [0.15, 0.2) is 5.78 Å². The number of rotatable bonds is 5. The number of carbonyl (C=O) groups excluding carboxylic acids is 1. The number of hydrogen-bond acceptors (Lipinski definition) is 3. The van der Waals surface area contributed by atoms with Gasteiger partial charge in [0.05, 0.1) is 5.71 Å². The minimum Gasteiger partial charge on any atom is -0.295 e. The Hall–Kier alpha value is -2.68. The Labute approximate surface area is 131 Å². The van der Waals surface area contributed by atoms with Crippen LogP contribution in [-0.4, -0.2) is 11.5 Å². The maximum atomic E-state index is 11.1. The van der Waals surface area contributed by atoms with Gasteiger partial charge in [0, 0.05) is 22.9 Å². The van der Waals surface area contributed by atoms with Crippen LogP contribution in [0.1, 0.15) is 30.5 Å². The molecular weight excluding hydrogens is 272 g/mol. The molecule has 0 aliphatic heterocycles. The van der Waals surface area contributed by atoms with Crippen LogP contribution in [0.2, 0.25) is 0 Å². The SMILES string of the molecule is CC(=O)/C=C(\C)N/N=C(\c1ccccc1)c1cccc(C)c1. The second-order valence-electron chi connectivity index (χ2n) is 5.25. The number of nitrogens with one attached hydrogen (secondary N) is 1. The summed E-state index contributed by atoms with van der Waals surface area (Å²) in [6, 6.07) is 18.2. The summed E-state index contributed by atoms with van der Waals surface area (Å²) in [5.41, 5.74) is 7.76. The summed E-state index contributed by atoms with van der Waals surface area (Å²) >= 11 is 0. The summed E-state index contributed by atoms with van der Waals surface area (Å²) in [6.07, 6.45) is 1.53. The number of nitrogens with zero attached hydrogens (tertiary/aromatic N) is 1. The Bertz CT molecular complexity index is 715. The van der Waals surface area contributed by atoms with Crippen LogP contribution in [0.15, 0.2) is 71.5 Å². The molecular formula is C19H20N2O. The maximum Gasteiger partial charge on any atom is 0.154 e. The first-order valence-corrected chi connectivity index (χ1v) is 7.21. The molecule has 2 aromatic rings. The topological polar surface area (TPSA) is 41.5 Å². The lowest BCUT2D eigenvalue weighted by atomic mass is 10.0. The highest BCUT2D eigenvalue weighted by molar-refractivity contribution is 6.12. The molecule has 0 atom stereocenters. The highest BCUT2D eigenvalue weighted by atomic mass is 16.1. The van der Waals surface area contributed by atoms with Gasteiger partial charge in [-0.2, -0.15) is 5.10 Å². The molecule has 3 nitrogen and oxygen atoms in total. The van der Waals surface area contributed by atoms with E-state index in [0.717, 1.165) is 16.8 Å². The van der Waals surface area contributed by atoms with E-state index >= 15 is 0 Å². The van der Waals surface area contributed by atoms with Crippen molar-refractivity contribution in [1.29, 1.82) is 0 Å². The largest absolute Gasteiger partial charge is 0.295 e. The molecule has 0 aliphatic rings. The third-order valence-corrected chi connectivity index (χ3v) is 3.10. The van der Waals surface area contributed by atoms with Crippen LogP contribution < -0.4 is 5.43 Å². The fraction of sp³-hybridized carbons (Fsp3) is 0.158. The fourth-order valence-corrected chi connectivity index (χ4v) is 2.17. The Morgan fingerprint density at radius 3 is 2.32 bits per heavy atom. The van der Waals surface area contributed by atoms with Crippen molar-refractivity contribution < 1.29 is 4.79 Å². The van der Waals surface area contributed by atoms with Gasteiger partial charge in [0.25, 0.3) is 0 Å². The van der Waals surface area contributed by atoms with E-state index in [2.05, 4.69) is 29.6 Å². The lowest BCUT2D eigenvalue weighted by Gasteiger charge is -2.09. The van der Waals surface area contributed by atoms with E-state index in [9.17, 15) is 4.79 Å². The van der Waals surface area contributed by atoms with E-state index in [4.69, 9.17) is 0 Å². The molecule has 0 heterocycles. The van der Waals surface area contributed by atoms with Crippen molar-refractivity contribution in [3.63, 3.8) is 0 Å². The highest BCUT2D eigenvalue weighted by Crippen LogP contribution is 2.12. The van der Waals surface area contributed by atoms with Gasteiger partial charge < -0.3 is 0 Å². The zero-order valence-electron chi connectivity index (χ0n) is 13.1. The van der Waals surface area contributed by atoms with Gasteiger partial charge in [-0.15, -0.1) is 0 Å². The molecule has 22 heavy (non-hydrogen) atoms. The summed E-state index contributed by atoms with van der Waals surface area (Å²) in [7, 11) is 0. The van der Waals surface area contributed by atoms with E-state index in [-0.39, 0.29) is 5.78 Å². The highest BCUT2D eigenvalue weighted by Gasteiger charge is 2.07. The molecule has 0 fully saturated rings. The van der Waals surface area contributed by atoms with Crippen molar-refractivity contribution >= 4 is 11.5 Å². The standard InChI is InChI=1S/C19H20N2O/c1-14-8-7-11-18(12-14)19(17-9-5-4-6-10-17)21-20-15(2)13-16(3)22/h4-13,20H,1-3H3/b15-13+,21-19+. The van der Waals surface area contributed by atoms with E-state index in [0.29, 0.717) is 5.70 Å². The van der Waals surface area contributed by atoms with Crippen molar-refractivity contribution in [2.45, 2.75) is 20.8 Å². The number of benzene rings is 2. The summed E-state index contributed by atoms with van der Waals surface area (Å²) < 4.78 is 0. The number of hydrogen-bond donors (Lipinski definition) is 1. The molecule has 0 amide bonds. The number of aryl methyl sites for hydroxylation is 1. The molecule has 112 valence electrons. The zero-order chi connectivity index (χ0) is 15.9. The number of allylic oxidation sites excluding steroid dienone is 2. The second-order valence-corrected chi connectivity index (χ2v) is 5.25. The molecule has 2 aromatic carbocycles.